The van der Waals surface area contributed by atoms with E-state index in [0.717, 1.165) is 27.8 Å². The van der Waals surface area contributed by atoms with Gasteiger partial charge in [0.25, 0.3) is 0 Å². The topological polar surface area (TPSA) is 52.6 Å². The van der Waals surface area contributed by atoms with E-state index in [4.69, 9.17) is 9.47 Å². The van der Waals surface area contributed by atoms with Crippen molar-refractivity contribution in [3.63, 3.8) is 0 Å². The Kier molecular flexibility index (Phi) is 7.23. The fraction of sp³-hybridized carbons (Fsp3) is 0.440. The summed E-state index contributed by atoms with van der Waals surface area (Å²) in [7, 11) is 1.39. The number of aryl methyl sites for hydroxylation is 2. The number of esters is 2. The van der Waals surface area contributed by atoms with Gasteiger partial charge in [-0.3, -0.25) is 9.59 Å². The summed E-state index contributed by atoms with van der Waals surface area (Å²) >= 11 is 0. The Balaban J connectivity index is 0.00000145. The average molecular weight is 397 g/mol. The molecule has 0 radical (unpaired) electrons. The third-order valence-electron chi connectivity index (χ3n) is 4.96. The Labute approximate surface area is 174 Å². The summed E-state index contributed by atoms with van der Waals surface area (Å²) in [4.78, 5) is 24.3. The first kappa shape index (κ1) is 22.7. The highest BCUT2D eigenvalue weighted by atomic mass is 16.5. The van der Waals surface area contributed by atoms with Crippen LogP contribution in [0.25, 0.3) is 0 Å². The molecular formula is C25H32O4. The molecule has 0 bridgehead atoms. The van der Waals surface area contributed by atoms with Crippen LogP contribution in [0, 0.1) is 6.92 Å². The summed E-state index contributed by atoms with van der Waals surface area (Å²) in [5, 5.41) is 0. The van der Waals surface area contributed by atoms with Gasteiger partial charge in [0, 0.05) is 17.5 Å². The maximum absolute atomic E-state index is 12.7. The van der Waals surface area contributed by atoms with E-state index in [2.05, 4.69) is 20.8 Å². The van der Waals surface area contributed by atoms with Gasteiger partial charge in [0.15, 0.2) is 0 Å². The fourth-order valence-corrected chi connectivity index (χ4v) is 3.54. The van der Waals surface area contributed by atoms with Crippen molar-refractivity contribution in [1.82, 2.24) is 0 Å². The van der Waals surface area contributed by atoms with Gasteiger partial charge < -0.3 is 9.47 Å². The monoisotopic (exact) mass is 396 g/mol. The van der Waals surface area contributed by atoms with Crippen LogP contribution in [0.1, 0.15) is 74.8 Å². The molecule has 1 aliphatic rings. The van der Waals surface area contributed by atoms with Crippen LogP contribution >= 0.6 is 0 Å². The number of ether oxygens (including phenoxy) is 2. The number of rotatable bonds is 4. The van der Waals surface area contributed by atoms with E-state index in [9.17, 15) is 9.59 Å². The van der Waals surface area contributed by atoms with E-state index < -0.39 is 5.92 Å². The second-order valence-corrected chi connectivity index (χ2v) is 8.16. The molecule has 2 aromatic carbocycles. The van der Waals surface area contributed by atoms with E-state index in [-0.39, 0.29) is 17.4 Å². The summed E-state index contributed by atoms with van der Waals surface area (Å²) in [5.74, 6) is -0.249. The molecule has 156 valence electrons. The Morgan fingerprint density at radius 1 is 1.14 bits per heavy atom. The number of carbonyl (C=O) groups is 2. The Morgan fingerprint density at radius 2 is 1.83 bits per heavy atom. The van der Waals surface area contributed by atoms with Crippen LogP contribution in [0.4, 0.5) is 0 Å². The highest BCUT2D eigenvalue weighted by Gasteiger charge is 2.38. The zero-order valence-corrected chi connectivity index (χ0v) is 18.6. The molecule has 3 rings (SSSR count). The number of methoxy groups -OCH3 is 1. The van der Waals surface area contributed by atoms with Gasteiger partial charge in [0.1, 0.15) is 11.7 Å². The van der Waals surface area contributed by atoms with Crippen molar-refractivity contribution in [2.75, 3.05) is 7.11 Å². The predicted molar refractivity (Wildman–Crippen MR) is 115 cm³/mol. The molecule has 0 aliphatic carbocycles. The lowest BCUT2D eigenvalue weighted by Crippen LogP contribution is -2.14. The Morgan fingerprint density at radius 3 is 2.41 bits per heavy atom. The second kappa shape index (κ2) is 9.25. The molecule has 1 atom stereocenters. The van der Waals surface area contributed by atoms with Crippen molar-refractivity contribution < 1.29 is 19.1 Å². The van der Waals surface area contributed by atoms with Crippen molar-refractivity contribution in [3.05, 3.63) is 64.2 Å². The minimum Gasteiger partial charge on any atom is -0.469 e. The van der Waals surface area contributed by atoms with Crippen LogP contribution in [-0.4, -0.2) is 19.0 Å². The van der Waals surface area contributed by atoms with Crippen molar-refractivity contribution >= 4 is 11.9 Å². The lowest BCUT2D eigenvalue weighted by molar-refractivity contribution is -0.140. The summed E-state index contributed by atoms with van der Waals surface area (Å²) < 4.78 is 10.5. The van der Waals surface area contributed by atoms with Crippen LogP contribution in [-0.2, 0) is 26.2 Å². The molecule has 0 aromatic heterocycles. The summed E-state index contributed by atoms with van der Waals surface area (Å²) in [6.07, 6.45) is 0.876. The number of benzene rings is 2. The van der Waals surface area contributed by atoms with Gasteiger partial charge in [-0.25, -0.2) is 0 Å². The minimum absolute atomic E-state index is 0.187. The van der Waals surface area contributed by atoms with Crippen LogP contribution in [0.5, 0.6) is 5.75 Å². The minimum atomic E-state index is -0.431. The zero-order valence-electron chi connectivity index (χ0n) is 18.6. The molecule has 0 amide bonds. The van der Waals surface area contributed by atoms with Crippen LogP contribution in [0.3, 0.4) is 0 Å². The molecule has 1 unspecified atom stereocenters. The predicted octanol–water partition coefficient (Wildman–Crippen LogP) is 5.48. The summed E-state index contributed by atoms with van der Waals surface area (Å²) in [5.41, 5.74) is 4.74. The van der Waals surface area contributed by atoms with Crippen LogP contribution in [0.15, 0.2) is 36.4 Å². The van der Waals surface area contributed by atoms with Gasteiger partial charge in [0.05, 0.1) is 7.11 Å². The van der Waals surface area contributed by atoms with Gasteiger partial charge in [-0.05, 0) is 29.9 Å². The van der Waals surface area contributed by atoms with Crippen molar-refractivity contribution in [1.29, 1.82) is 0 Å². The Bertz CT molecular complexity index is 890. The first-order chi connectivity index (χ1) is 13.7. The molecule has 0 spiro atoms. The highest BCUT2D eigenvalue weighted by Crippen LogP contribution is 2.46. The molecule has 0 N–H and O–H groups in total. The second-order valence-electron chi connectivity index (χ2n) is 8.16. The molecule has 0 saturated carbocycles. The van der Waals surface area contributed by atoms with E-state index in [1.807, 2.05) is 57.2 Å². The van der Waals surface area contributed by atoms with Gasteiger partial charge in [-0.2, -0.15) is 0 Å². The lowest BCUT2D eigenvalue weighted by atomic mass is 9.81. The maximum atomic E-state index is 12.7. The van der Waals surface area contributed by atoms with Gasteiger partial charge >= 0.3 is 11.9 Å². The first-order valence-electron chi connectivity index (χ1n) is 10.2. The third kappa shape index (κ3) is 5.06. The largest absolute Gasteiger partial charge is 0.469 e. The normalized spacial score (nSPS) is 15.1. The van der Waals surface area contributed by atoms with Gasteiger partial charge in [0.2, 0.25) is 0 Å². The van der Waals surface area contributed by atoms with Crippen molar-refractivity contribution in [3.8, 4) is 5.75 Å². The lowest BCUT2D eigenvalue weighted by Gasteiger charge is -2.23. The van der Waals surface area contributed by atoms with E-state index in [1.54, 1.807) is 0 Å². The summed E-state index contributed by atoms with van der Waals surface area (Å²) in [6, 6.07) is 12.0. The van der Waals surface area contributed by atoms with Crippen molar-refractivity contribution in [2.24, 2.45) is 0 Å². The quantitative estimate of drug-likeness (QED) is 0.507. The molecule has 4 nitrogen and oxygen atoms in total. The average Bonchev–Trinajstić information content (AvgIpc) is 3.01. The molecule has 29 heavy (non-hydrogen) atoms. The van der Waals surface area contributed by atoms with E-state index in [0.29, 0.717) is 18.6 Å². The smallest absolute Gasteiger partial charge is 0.323 e. The molecular weight excluding hydrogens is 364 g/mol. The third-order valence-corrected chi connectivity index (χ3v) is 4.96. The SMILES string of the molecule is CC.COC(=O)CCc1cc2c(c(C(C)(C)C)c1)OC(=O)C2c1cccc(C)c1. The molecule has 0 fully saturated rings. The zero-order chi connectivity index (χ0) is 21.8. The fourth-order valence-electron chi connectivity index (χ4n) is 3.54. The van der Waals surface area contributed by atoms with Crippen LogP contribution in [0.2, 0.25) is 0 Å². The van der Waals surface area contributed by atoms with Crippen LogP contribution < -0.4 is 4.74 Å². The number of fused-ring (bicyclic) bond motifs is 1. The van der Waals surface area contributed by atoms with Crippen molar-refractivity contribution in [2.45, 2.75) is 65.7 Å². The standard InChI is InChI=1S/C23H26O4.C2H6/c1-14-7-6-8-16(11-14)20-17-12-15(9-10-19(24)26-5)13-18(23(2,3)4)21(17)27-22(20)25;1-2/h6-8,11-13,20H,9-10H2,1-5H3;1-2H3. The summed E-state index contributed by atoms with van der Waals surface area (Å²) in [6.45, 7) is 12.3. The molecule has 1 heterocycles. The van der Waals surface area contributed by atoms with Gasteiger partial charge in [-0.15, -0.1) is 0 Å². The van der Waals surface area contributed by atoms with E-state index in [1.165, 1.54) is 7.11 Å². The first-order valence-corrected chi connectivity index (χ1v) is 10.2. The molecule has 1 aliphatic heterocycles. The highest BCUT2D eigenvalue weighted by molar-refractivity contribution is 5.90. The number of hydrogen-bond donors (Lipinski definition) is 0. The Hall–Kier alpha value is -2.62. The molecule has 2 aromatic rings. The van der Waals surface area contributed by atoms with E-state index >= 15 is 0 Å². The number of carbonyl (C=O) groups excluding carboxylic acids is 2. The maximum Gasteiger partial charge on any atom is 0.323 e. The molecule has 4 heteroatoms. The number of hydrogen-bond acceptors (Lipinski definition) is 4. The van der Waals surface area contributed by atoms with Gasteiger partial charge in [-0.1, -0.05) is 76.6 Å². The molecule has 0 saturated heterocycles.